The van der Waals surface area contributed by atoms with E-state index in [1.165, 1.54) is 32.1 Å². The Morgan fingerprint density at radius 1 is 0.489 bits per heavy atom. The van der Waals surface area contributed by atoms with Crippen molar-refractivity contribution in [1.82, 2.24) is 0 Å². The molecular weight excluding hydrogens is 564 g/mol. The fourth-order valence-electron chi connectivity index (χ4n) is 4.45. The van der Waals surface area contributed by atoms with Crippen LogP contribution in [0.2, 0.25) is 0 Å². The zero-order valence-electron chi connectivity index (χ0n) is 28.8. The van der Waals surface area contributed by atoms with E-state index >= 15 is 0 Å². The Balaban J connectivity index is 3.19. The first-order valence-electron chi connectivity index (χ1n) is 17.3. The standard InChI is InChI=1S/C39H62O6/c1-6-10-14-18-22-26-30-41-34-35-36(42-31-27-23-19-15-11-7-2)37(43-32-28-24-20-16-12-8-3)38(39(40-5)45-35)44-33-29-25-21-17-13-9-4/h18-33,35-39H,6-17,34H2,1-5H3/t35-,36-,37+,38-,39?/m1/s1. The molecule has 1 saturated heterocycles. The van der Waals surface area contributed by atoms with Gasteiger partial charge >= 0.3 is 0 Å². The van der Waals surface area contributed by atoms with Crippen molar-refractivity contribution in [2.24, 2.45) is 0 Å². The highest BCUT2D eigenvalue weighted by molar-refractivity contribution is 5.05. The molecule has 0 aromatic heterocycles. The molecule has 0 spiro atoms. The van der Waals surface area contributed by atoms with Crippen molar-refractivity contribution in [3.05, 3.63) is 98.0 Å². The minimum absolute atomic E-state index is 0.257. The van der Waals surface area contributed by atoms with E-state index in [2.05, 4.69) is 52.0 Å². The quantitative estimate of drug-likeness (QED) is 0.0541. The SMILES string of the molecule is CCCCC=CC=COC[C@H]1OC(OC)[C@H](OC=CC=CCCCC)[C@@H](OC=CC=CCCCC)[C@@H]1OC=CC=CCCCC. The van der Waals surface area contributed by atoms with Crippen molar-refractivity contribution in [1.29, 1.82) is 0 Å². The summed E-state index contributed by atoms with van der Waals surface area (Å²) in [5.41, 5.74) is 0. The van der Waals surface area contributed by atoms with Crippen LogP contribution in [0.1, 0.15) is 105 Å². The molecule has 0 saturated carbocycles. The van der Waals surface area contributed by atoms with E-state index in [9.17, 15) is 0 Å². The van der Waals surface area contributed by atoms with Gasteiger partial charge in [-0.05, 0) is 50.0 Å². The van der Waals surface area contributed by atoms with Crippen molar-refractivity contribution in [2.75, 3.05) is 13.7 Å². The van der Waals surface area contributed by atoms with Gasteiger partial charge in [-0.2, -0.15) is 0 Å². The van der Waals surface area contributed by atoms with E-state index in [-0.39, 0.29) is 6.61 Å². The van der Waals surface area contributed by atoms with Crippen LogP contribution in [0.25, 0.3) is 0 Å². The molecule has 1 aliphatic heterocycles. The van der Waals surface area contributed by atoms with Crippen LogP contribution in [0.4, 0.5) is 0 Å². The Morgan fingerprint density at radius 2 is 0.889 bits per heavy atom. The number of ether oxygens (including phenoxy) is 6. The highest BCUT2D eigenvalue weighted by Gasteiger charge is 2.50. The summed E-state index contributed by atoms with van der Waals surface area (Å²) in [7, 11) is 1.61. The molecule has 5 atom stereocenters. The molecule has 6 heteroatoms. The van der Waals surface area contributed by atoms with Gasteiger partial charge in [0.2, 0.25) is 0 Å². The lowest BCUT2D eigenvalue weighted by atomic mass is 9.98. The highest BCUT2D eigenvalue weighted by atomic mass is 16.7. The number of unbranched alkanes of at least 4 members (excludes halogenated alkanes) is 8. The molecule has 0 bridgehead atoms. The third-order valence-electron chi connectivity index (χ3n) is 7.09. The molecule has 0 aromatic carbocycles. The van der Waals surface area contributed by atoms with Gasteiger partial charge in [-0.3, -0.25) is 0 Å². The lowest BCUT2D eigenvalue weighted by Crippen LogP contribution is -2.60. The van der Waals surface area contributed by atoms with Crippen LogP contribution in [-0.2, 0) is 28.4 Å². The first-order valence-corrected chi connectivity index (χ1v) is 17.3. The van der Waals surface area contributed by atoms with Gasteiger partial charge in [0, 0.05) is 7.11 Å². The Hall–Kier alpha value is -2.96. The van der Waals surface area contributed by atoms with Gasteiger partial charge in [0.05, 0.1) is 25.0 Å². The predicted octanol–water partition coefficient (Wildman–Crippen LogP) is 10.6. The Bertz CT molecular complexity index is 912. The summed E-state index contributed by atoms with van der Waals surface area (Å²) in [5.74, 6) is 0. The second kappa shape index (κ2) is 29.7. The fraction of sp³-hybridized carbons (Fsp3) is 0.590. The van der Waals surface area contributed by atoms with Crippen molar-refractivity contribution in [2.45, 2.75) is 135 Å². The maximum Gasteiger partial charge on any atom is 0.198 e. The highest BCUT2D eigenvalue weighted by Crippen LogP contribution is 2.30. The molecule has 0 aromatic rings. The van der Waals surface area contributed by atoms with Crippen LogP contribution in [0.5, 0.6) is 0 Å². The third kappa shape index (κ3) is 19.9. The number of allylic oxidation sites excluding steroid dienone is 12. The van der Waals surface area contributed by atoms with Crippen LogP contribution in [0.3, 0.4) is 0 Å². The van der Waals surface area contributed by atoms with E-state index in [0.29, 0.717) is 0 Å². The molecular formula is C39H62O6. The van der Waals surface area contributed by atoms with Gasteiger partial charge in [0.1, 0.15) is 12.7 Å². The number of hydrogen-bond acceptors (Lipinski definition) is 6. The zero-order valence-corrected chi connectivity index (χ0v) is 28.8. The van der Waals surface area contributed by atoms with Crippen LogP contribution >= 0.6 is 0 Å². The normalized spacial score (nSPS) is 23.0. The molecule has 254 valence electrons. The van der Waals surface area contributed by atoms with Crippen molar-refractivity contribution in [3.8, 4) is 0 Å². The lowest BCUT2D eigenvalue weighted by molar-refractivity contribution is -0.296. The average molecular weight is 627 g/mol. The third-order valence-corrected chi connectivity index (χ3v) is 7.09. The van der Waals surface area contributed by atoms with Crippen LogP contribution in [0, 0.1) is 0 Å². The van der Waals surface area contributed by atoms with Gasteiger partial charge in [0.25, 0.3) is 0 Å². The first-order chi connectivity index (χ1) is 22.2. The topological polar surface area (TPSA) is 55.4 Å². The van der Waals surface area contributed by atoms with E-state index < -0.39 is 30.7 Å². The Kier molecular flexibility index (Phi) is 26.5. The zero-order chi connectivity index (χ0) is 32.6. The molecule has 45 heavy (non-hydrogen) atoms. The molecule has 1 heterocycles. The summed E-state index contributed by atoms with van der Waals surface area (Å²) in [4.78, 5) is 0. The summed E-state index contributed by atoms with van der Waals surface area (Å²) in [6.07, 6.45) is 41.6. The summed E-state index contributed by atoms with van der Waals surface area (Å²) in [5, 5.41) is 0. The van der Waals surface area contributed by atoms with Crippen LogP contribution in [0.15, 0.2) is 98.0 Å². The van der Waals surface area contributed by atoms with Gasteiger partial charge in [-0.25, -0.2) is 0 Å². The summed E-state index contributed by atoms with van der Waals surface area (Å²) in [6.45, 7) is 9.01. The predicted molar refractivity (Wildman–Crippen MR) is 187 cm³/mol. The second-order valence-corrected chi connectivity index (χ2v) is 11.0. The van der Waals surface area contributed by atoms with Gasteiger partial charge < -0.3 is 28.4 Å². The van der Waals surface area contributed by atoms with E-state index in [1.54, 1.807) is 32.2 Å². The van der Waals surface area contributed by atoms with Crippen molar-refractivity contribution < 1.29 is 28.4 Å². The molecule has 6 nitrogen and oxygen atoms in total. The second-order valence-electron chi connectivity index (χ2n) is 11.0. The Labute approximate surface area is 275 Å². The molecule has 0 N–H and O–H groups in total. The smallest absolute Gasteiger partial charge is 0.198 e. The number of methoxy groups -OCH3 is 1. The van der Waals surface area contributed by atoms with E-state index in [1.807, 2.05) is 48.6 Å². The van der Waals surface area contributed by atoms with E-state index in [0.717, 1.165) is 44.9 Å². The largest absolute Gasteiger partial charge is 0.498 e. The van der Waals surface area contributed by atoms with Gasteiger partial charge in [0.15, 0.2) is 24.6 Å². The van der Waals surface area contributed by atoms with Gasteiger partial charge in [-0.1, -0.05) is 128 Å². The maximum absolute atomic E-state index is 6.37. The molecule has 1 unspecified atom stereocenters. The lowest BCUT2D eigenvalue weighted by Gasteiger charge is -2.43. The maximum atomic E-state index is 6.37. The van der Waals surface area contributed by atoms with Gasteiger partial charge in [-0.15, -0.1) is 0 Å². The van der Waals surface area contributed by atoms with Crippen molar-refractivity contribution in [3.63, 3.8) is 0 Å². The molecule has 0 aliphatic carbocycles. The molecule has 0 amide bonds. The van der Waals surface area contributed by atoms with Crippen LogP contribution < -0.4 is 0 Å². The van der Waals surface area contributed by atoms with Crippen molar-refractivity contribution >= 4 is 0 Å². The summed E-state index contributed by atoms with van der Waals surface area (Å²) < 4.78 is 36.9. The average Bonchev–Trinajstić information content (AvgIpc) is 3.05. The number of rotatable bonds is 26. The Morgan fingerprint density at radius 3 is 1.31 bits per heavy atom. The molecule has 1 aliphatic rings. The molecule has 1 fully saturated rings. The molecule has 1 rings (SSSR count). The minimum Gasteiger partial charge on any atom is -0.498 e. The summed E-state index contributed by atoms with van der Waals surface area (Å²) in [6, 6.07) is 0. The number of hydrogen-bond donors (Lipinski definition) is 0. The summed E-state index contributed by atoms with van der Waals surface area (Å²) >= 11 is 0. The van der Waals surface area contributed by atoms with Crippen LogP contribution in [-0.4, -0.2) is 44.4 Å². The van der Waals surface area contributed by atoms with E-state index in [4.69, 9.17) is 28.4 Å². The minimum atomic E-state index is -0.693. The fourth-order valence-corrected chi connectivity index (χ4v) is 4.45. The molecule has 0 radical (unpaired) electrons. The first kappa shape index (κ1) is 40.1. The monoisotopic (exact) mass is 626 g/mol.